The molecule has 0 atom stereocenters. The summed E-state index contributed by atoms with van der Waals surface area (Å²) in [7, 11) is 0. The molecule has 0 unspecified atom stereocenters. The third kappa shape index (κ3) is 2.70. The van der Waals surface area contributed by atoms with Crippen LogP contribution in [0.4, 0.5) is 10.0 Å². The van der Waals surface area contributed by atoms with Gasteiger partial charge in [-0.15, -0.1) is 11.3 Å². The molecule has 1 N–H and O–H groups in total. The number of nitrogens with zero attached hydrogens (tertiary/aromatic N) is 2. The van der Waals surface area contributed by atoms with Crippen molar-refractivity contribution in [2.45, 2.75) is 6.54 Å². The highest BCUT2D eigenvalue weighted by Crippen LogP contribution is 2.29. The molecule has 0 saturated carbocycles. The number of anilines is 1. The number of aromatic nitrogens is 1. The van der Waals surface area contributed by atoms with Crippen molar-refractivity contribution in [2.75, 3.05) is 5.32 Å². The van der Waals surface area contributed by atoms with E-state index in [4.69, 9.17) is 4.42 Å². The molecule has 3 heterocycles. The number of nitro groups is 1. The zero-order valence-corrected chi connectivity index (χ0v) is 11.7. The first-order chi connectivity index (χ1) is 9.72. The second-order valence-electron chi connectivity index (χ2n) is 3.87. The summed E-state index contributed by atoms with van der Waals surface area (Å²) in [6.45, 7) is 0.465. The Labute approximate surface area is 121 Å². The van der Waals surface area contributed by atoms with Gasteiger partial charge in [0, 0.05) is 6.07 Å². The number of rotatable bonds is 5. The summed E-state index contributed by atoms with van der Waals surface area (Å²) in [5, 5.41) is 16.5. The fraction of sp³-hybridized carbons (Fsp3) is 0.0833. The zero-order valence-electron chi connectivity index (χ0n) is 10.1. The van der Waals surface area contributed by atoms with Crippen LogP contribution >= 0.6 is 22.7 Å². The Bertz CT molecular complexity index is 718. The van der Waals surface area contributed by atoms with E-state index in [1.165, 1.54) is 6.07 Å². The van der Waals surface area contributed by atoms with Crippen molar-refractivity contribution in [1.82, 2.24) is 4.98 Å². The second kappa shape index (κ2) is 5.43. The molecule has 0 amide bonds. The van der Waals surface area contributed by atoms with E-state index in [-0.39, 0.29) is 5.00 Å². The van der Waals surface area contributed by atoms with E-state index >= 15 is 0 Å². The fourth-order valence-corrected chi connectivity index (χ4v) is 2.97. The number of thiophene rings is 2. The lowest BCUT2D eigenvalue weighted by Crippen LogP contribution is -1.97. The van der Waals surface area contributed by atoms with Gasteiger partial charge in [0.1, 0.15) is 6.26 Å². The first-order valence-electron chi connectivity index (χ1n) is 5.69. The molecule has 0 fully saturated rings. The molecule has 20 heavy (non-hydrogen) atoms. The first-order valence-corrected chi connectivity index (χ1v) is 7.38. The van der Waals surface area contributed by atoms with Crippen LogP contribution in [0.15, 0.2) is 40.3 Å². The normalized spacial score (nSPS) is 10.6. The van der Waals surface area contributed by atoms with Crippen LogP contribution in [0.3, 0.4) is 0 Å². The molecular formula is C12H9N3O3S2. The van der Waals surface area contributed by atoms with E-state index < -0.39 is 4.92 Å². The van der Waals surface area contributed by atoms with Gasteiger partial charge in [-0.1, -0.05) is 6.07 Å². The van der Waals surface area contributed by atoms with Gasteiger partial charge in [0.2, 0.25) is 5.89 Å². The molecule has 0 aliphatic heterocycles. The number of hydrogen-bond acceptors (Lipinski definition) is 7. The van der Waals surface area contributed by atoms with Crippen LogP contribution < -0.4 is 5.32 Å². The highest BCUT2D eigenvalue weighted by atomic mass is 32.1. The van der Waals surface area contributed by atoms with E-state index in [9.17, 15) is 10.1 Å². The minimum Gasteiger partial charge on any atom is -0.443 e. The maximum atomic E-state index is 10.6. The summed E-state index contributed by atoms with van der Waals surface area (Å²) in [5.41, 5.74) is 0.754. The summed E-state index contributed by atoms with van der Waals surface area (Å²) < 4.78 is 5.40. The Morgan fingerprint density at radius 1 is 1.40 bits per heavy atom. The van der Waals surface area contributed by atoms with Crippen LogP contribution in [0.5, 0.6) is 0 Å². The van der Waals surface area contributed by atoms with Crippen molar-refractivity contribution in [3.05, 3.63) is 51.7 Å². The molecule has 0 saturated heterocycles. The van der Waals surface area contributed by atoms with E-state index in [0.717, 1.165) is 26.9 Å². The molecule has 3 aromatic heterocycles. The lowest BCUT2D eigenvalue weighted by molar-refractivity contribution is -0.380. The zero-order chi connectivity index (χ0) is 13.9. The third-order valence-corrected chi connectivity index (χ3v) is 4.35. The van der Waals surface area contributed by atoms with Crippen molar-refractivity contribution in [3.63, 3.8) is 0 Å². The second-order valence-corrected chi connectivity index (χ2v) is 5.88. The van der Waals surface area contributed by atoms with Gasteiger partial charge in [-0.2, -0.15) is 0 Å². The molecule has 0 radical (unpaired) electrons. The Hall–Kier alpha value is -2.19. The van der Waals surface area contributed by atoms with Crippen LogP contribution in [-0.4, -0.2) is 9.91 Å². The van der Waals surface area contributed by atoms with Crippen LogP contribution in [0.25, 0.3) is 10.8 Å². The van der Waals surface area contributed by atoms with Crippen LogP contribution in [0, 0.1) is 10.1 Å². The Kier molecular flexibility index (Phi) is 3.48. The van der Waals surface area contributed by atoms with Gasteiger partial charge in [0.05, 0.1) is 27.0 Å². The lowest BCUT2D eigenvalue weighted by atomic mass is 10.4. The predicted molar refractivity (Wildman–Crippen MR) is 78.1 cm³/mol. The number of hydrogen-bond donors (Lipinski definition) is 1. The van der Waals surface area contributed by atoms with Crippen LogP contribution in [0.2, 0.25) is 0 Å². The lowest BCUT2D eigenvalue weighted by Gasteiger charge is -1.97. The molecule has 3 rings (SSSR count). The van der Waals surface area contributed by atoms with Crippen molar-refractivity contribution >= 4 is 32.7 Å². The first kappa shape index (κ1) is 12.8. The van der Waals surface area contributed by atoms with E-state index in [1.54, 1.807) is 23.7 Å². The van der Waals surface area contributed by atoms with E-state index in [2.05, 4.69) is 10.3 Å². The molecule has 8 heteroatoms. The molecule has 3 aromatic rings. The van der Waals surface area contributed by atoms with Gasteiger partial charge in [0.25, 0.3) is 0 Å². The highest BCUT2D eigenvalue weighted by Gasteiger charge is 2.11. The predicted octanol–water partition coefficient (Wildman–Crippen LogP) is 3.98. The molecule has 6 nitrogen and oxygen atoms in total. The standard InChI is InChI=1S/C12H9N3O3S2/c16-15(17)11-4-3-10(20-11)13-6-8-7-18-12(14-8)9-2-1-5-19-9/h1-5,7,13H,6H2. The average Bonchev–Trinajstić information content (AvgIpc) is 3.17. The van der Waals surface area contributed by atoms with Gasteiger partial charge >= 0.3 is 5.00 Å². The SMILES string of the molecule is O=[N+]([O-])c1ccc(NCc2coc(-c3cccs3)n2)s1. The van der Waals surface area contributed by atoms with Crippen LogP contribution in [-0.2, 0) is 6.54 Å². The number of nitrogens with one attached hydrogen (secondary N) is 1. The molecule has 102 valence electrons. The molecule has 0 aliphatic rings. The fourth-order valence-electron chi connectivity index (χ4n) is 1.60. The molecule has 0 bridgehead atoms. The summed E-state index contributed by atoms with van der Waals surface area (Å²) >= 11 is 2.66. The van der Waals surface area contributed by atoms with E-state index in [1.807, 2.05) is 17.5 Å². The Morgan fingerprint density at radius 2 is 2.30 bits per heavy atom. The minimum absolute atomic E-state index is 0.118. The number of oxazole rings is 1. The largest absolute Gasteiger partial charge is 0.443 e. The van der Waals surface area contributed by atoms with Crippen LogP contribution in [0.1, 0.15) is 5.69 Å². The summed E-state index contributed by atoms with van der Waals surface area (Å²) in [6, 6.07) is 7.04. The average molecular weight is 307 g/mol. The highest BCUT2D eigenvalue weighted by molar-refractivity contribution is 7.19. The molecular weight excluding hydrogens is 298 g/mol. The maximum Gasteiger partial charge on any atom is 0.326 e. The molecule has 0 aromatic carbocycles. The Balaban J connectivity index is 1.65. The topological polar surface area (TPSA) is 81.2 Å². The van der Waals surface area contributed by atoms with Crippen molar-refractivity contribution in [2.24, 2.45) is 0 Å². The van der Waals surface area contributed by atoms with E-state index in [0.29, 0.717) is 12.4 Å². The summed E-state index contributed by atoms with van der Waals surface area (Å²) in [5.74, 6) is 0.592. The van der Waals surface area contributed by atoms with Gasteiger partial charge < -0.3 is 9.73 Å². The smallest absolute Gasteiger partial charge is 0.326 e. The molecule has 0 aliphatic carbocycles. The summed E-state index contributed by atoms with van der Waals surface area (Å²) in [6.07, 6.45) is 1.59. The third-order valence-electron chi connectivity index (χ3n) is 2.50. The molecule has 0 spiro atoms. The quantitative estimate of drug-likeness (QED) is 0.569. The van der Waals surface area contributed by atoms with Crippen molar-refractivity contribution in [1.29, 1.82) is 0 Å². The minimum atomic E-state index is -0.402. The van der Waals surface area contributed by atoms with Gasteiger partial charge in [-0.25, -0.2) is 4.98 Å². The van der Waals surface area contributed by atoms with Crippen molar-refractivity contribution in [3.8, 4) is 10.8 Å². The van der Waals surface area contributed by atoms with Gasteiger partial charge in [0.15, 0.2) is 0 Å². The van der Waals surface area contributed by atoms with Gasteiger partial charge in [-0.05, 0) is 28.8 Å². The monoisotopic (exact) mass is 307 g/mol. The Morgan fingerprint density at radius 3 is 3.00 bits per heavy atom. The maximum absolute atomic E-state index is 10.6. The summed E-state index contributed by atoms with van der Waals surface area (Å²) in [4.78, 5) is 15.5. The van der Waals surface area contributed by atoms with Crippen molar-refractivity contribution < 1.29 is 9.34 Å². The van der Waals surface area contributed by atoms with Gasteiger partial charge in [-0.3, -0.25) is 10.1 Å².